The van der Waals surface area contributed by atoms with E-state index < -0.39 is 5.54 Å². The van der Waals surface area contributed by atoms with Crippen LogP contribution in [0.4, 0.5) is 5.69 Å². The average molecular weight is 338 g/mol. The third-order valence-electron chi connectivity index (χ3n) is 4.61. The maximum Gasteiger partial charge on any atom is 0.243 e. The van der Waals surface area contributed by atoms with Crippen molar-refractivity contribution in [2.75, 3.05) is 18.4 Å². The summed E-state index contributed by atoms with van der Waals surface area (Å²) in [6.07, 6.45) is 4.02. The van der Waals surface area contributed by atoms with Crippen molar-refractivity contribution in [3.8, 4) is 0 Å². The molecule has 3 N–H and O–H groups in total. The molecule has 2 atom stereocenters. The summed E-state index contributed by atoms with van der Waals surface area (Å²) in [5.74, 6) is -0.230. The molecule has 0 radical (unpaired) electrons. The van der Waals surface area contributed by atoms with Gasteiger partial charge in [0, 0.05) is 22.7 Å². The highest BCUT2D eigenvalue weighted by Gasteiger charge is 2.45. The molecule has 2 fully saturated rings. The molecule has 1 aromatic rings. The van der Waals surface area contributed by atoms with Gasteiger partial charge in [-0.2, -0.15) is 0 Å². The molecule has 0 bridgehead atoms. The summed E-state index contributed by atoms with van der Waals surface area (Å²) in [7, 11) is 0. The van der Waals surface area contributed by atoms with Gasteiger partial charge in [-0.25, -0.2) is 0 Å². The Bertz CT molecular complexity index is 504. The number of nitrogens with one attached hydrogen (secondary N) is 1. The Morgan fingerprint density at radius 2 is 2.10 bits per heavy atom. The van der Waals surface area contributed by atoms with Crippen LogP contribution in [0.2, 0.25) is 0 Å². The second kappa shape index (κ2) is 5.37. The third kappa shape index (κ3) is 2.56. The van der Waals surface area contributed by atoms with E-state index in [1.54, 1.807) is 0 Å². The Balaban J connectivity index is 1.81. The normalized spacial score (nSPS) is 29.9. The number of fused-ring (bicyclic) bond motifs is 1. The summed E-state index contributed by atoms with van der Waals surface area (Å²) >= 11 is 3.42. The number of nitrogens with zero attached hydrogens (tertiary/aromatic N) is 1. The lowest BCUT2D eigenvalue weighted by Gasteiger charge is -2.43. The molecule has 1 aromatic carbocycles. The molecule has 2 heterocycles. The van der Waals surface area contributed by atoms with Crippen molar-refractivity contribution in [3.05, 3.63) is 28.7 Å². The van der Waals surface area contributed by atoms with E-state index in [1.807, 2.05) is 24.3 Å². The topological polar surface area (TPSA) is 58.4 Å². The quantitative estimate of drug-likeness (QED) is 0.889. The zero-order chi connectivity index (χ0) is 14.2. The van der Waals surface area contributed by atoms with Crippen molar-refractivity contribution in [2.24, 2.45) is 5.73 Å². The van der Waals surface area contributed by atoms with Crippen LogP contribution in [0.15, 0.2) is 28.7 Å². The molecule has 20 heavy (non-hydrogen) atoms. The molecule has 2 saturated heterocycles. The molecular weight excluding hydrogens is 318 g/mol. The zero-order valence-electron chi connectivity index (χ0n) is 11.4. The third-order valence-corrected chi connectivity index (χ3v) is 5.14. The van der Waals surface area contributed by atoms with Crippen LogP contribution in [-0.2, 0) is 4.79 Å². The summed E-state index contributed by atoms with van der Waals surface area (Å²) in [5.41, 5.74) is 6.09. The van der Waals surface area contributed by atoms with Gasteiger partial charge in [0.2, 0.25) is 5.91 Å². The number of carbonyl (C=O) groups excluding carboxylic acids is 1. The highest BCUT2D eigenvalue weighted by atomic mass is 79.9. The first-order valence-corrected chi connectivity index (χ1v) is 7.96. The second-order valence-electron chi connectivity index (χ2n) is 5.86. The number of hydrogen-bond donors (Lipinski definition) is 2. The maximum absolute atomic E-state index is 12.1. The van der Waals surface area contributed by atoms with Crippen LogP contribution in [0.1, 0.15) is 25.7 Å². The fourth-order valence-electron chi connectivity index (χ4n) is 3.47. The van der Waals surface area contributed by atoms with Crippen molar-refractivity contribution < 1.29 is 4.79 Å². The van der Waals surface area contributed by atoms with Gasteiger partial charge < -0.3 is 16.0 Å². The van der Waals surface area contributed by atoms with Crippen molar-refractivity contribution in [2.45, 2.75) is 37.3 Å². The molecule has 108 valence electrons. The summed E-state index contributed by atoms with van der Waals surface area (Å²) in [6.45, 7) is 2.12. The van der Waals surface area contributed by atoms with E-state index >= 15 is 0 Å². The maximum atomic E-state index is 12.1. The summed E-state index contributed by atoms with van der Waals surface area (Å²) in [6, 6.07) is 8.41. The number of benzene rings is 1. The fourth-order valence-corrected chi connectivity index (χ4v) is 3.73. The number of halogens is 1. The van der Waals surface area contributed by atoms with Gasteiger partial charge in [0.1, 0.15) is 5.54 Å². The monoisotopic (exact) mass is 337 g/mol. The Morgan fingerprint density at radius 3 is 2.80 bits per heavy atom. The molecule has 2 unspecified atom stereocenters. The minimum Gasteiger partial charge on any atom is -0.371 e. The van der Waals surface area contributed by atoms with Crippen LogP contribution in [0.3, 0.4) is 0 Å². The smallest absolute Gasteiger partial charge is 0.243 e. The van der Waals surface area contributed by atoms with Gasteiger partial charge in [0.15, 0.2) is 0 Å². The molecular formula is C15H20BrN3O. The molecule has 2 aliphatic rings. The molecule has 4 nitrogen and oxygen atoms in total. The van der Waals surface area contributed by atoms with Crippen molar-refractivity contribution in [1.29, 1.82) is 0 Å². The SMILES string of the molecule is NC(=O)C1(Nc2ccc(Br)cc2)CCN2CCCC2C1. The number of amides is 1. The largest absolute Gasteiger partial charge is 0.371 e. The van der Waals surface area contributed by atoms with E-state index in [-0.39, 0.29) is 5.91 Å². The average Bonchev–Trinajstić information content (AvgIpc) is 2.88. The molecule has 1 amide bonds. The van der Waals surface area contributed by atoms with Crippen LogP contribution >= 0.6 is 15.9 Å². The first kappa shape index (κ1) is 13.9. The van der Waals surface area contributed by atoms with Gasteiger partial charge >= 0.3 is 0 Å². The van der Waals surface area contributed by atoms with Crippen molar-refractivity contribution in [3.63, 3.8) is 0 Å². The van der Waals surface area contributed by atoms with Gasteiger partial charge in [0.05, 0.1) is 0 Å². The summed E-state index contributed by atoms with van der Waals surface area (Å²) < 4.78 is 1.03. The Labute approximate surface area is 127 Å². The van der Waals surface area contributed by atoms with Gasteiger partial charge in [-0.3, -0.25) is 4.79 Å². The zero-order valence-corrected chi connectivity index (χ0v) is 13.0. The van der Waals surface area contributed by atoms with Crippen molar-refractivity contribution in [1.82, 2.24) is 4.90 Å². The predicted molar refractivity (Wildman–Crippen MR) is 83.5 cm³/mol. The predicted octanol–water partition coefficient (Wildman–Crippen LogP) is 2.34. The van der Waals surface area contributed by atoms with Gasteiger partial charge in [-0.05, 0) is 56.5 Å². The minimum absolute atomic E-state index is 0.230. The molecule has 3 rings (SSSR count). The lowest BCUT2D eigenvalue weighted by Crippen LogP contribution is -2.59. The highest BCUT2D eigenvalue weighted by molar-refractivity contribution is 9.10. The van der Waals surface area contributed by atoms with E-state index in [9.17, 15) is 4.79 Å². The highest BCUT2D eigenvalue weighted by Crippen LogP contribution is 2.35. The van der Waals surface area contributed by atoms with E-state index in [1.165, 1.54) is 12.8 Å². The Hall–Kier alpha value is -1.07. The first-order chi connectivity index (χ1) is 9.59. The molecule has 0 spiro atoms. The lowest BCUT2D eigenvalue weighted by molar-refractivity contribution is -0.124. The van der Waals surface area contributed by atoms with Crippen molar-refractivity contribution >= 4 is 27.5 Å². The Morgan fingerprint density at radius 1 is 1.35 bits per heavy atom. The molecule has 0 aliphatic carbocycles. The summed E-state index contributed by atoms with van der Waals surface area (Å²) in [4.78, 5) is 14.6. The number of nitrogens with two attached hydrogens (primary N) is 1. The number of hydrogen-bond acceptors (Lipinski definition) is 3. The number of anilines is 1. The Kier molecular flexibility index (Phi) is 3.73. The van der Waals surface area contributed by atoms with Crippen LogP contribution < -0.4 is 11.1 Å². The number of primary amides is 1. The standard InChI is InChI=1S/C15H20BrN3O/c16-11-3-5-12(6-4-11)18-15(14(17)20)7-9-19-8-1-2-13(19)10-15/h3-6,13,18H,1-2,7-10H2,(H2,17,20). The molecule has 0 aromatic heterocycles. The van der Waals surface area contributed by atoms with Crippen LogP contribution in [-0.4, -0.2) is 35.5 Å². The van der Waals surface area contributed by atoms with Gasteiger partial charge in [0.25, 0.3) is 0 Å². The van der Waals surface area contributed by atoms with Gasteiger partial charge in [-0.1, -0.05) is 15.9 Å². The van der Waals surface area contributed by atoms with Crippen LogP contribution in [0.25, 0.3) is 0 Å². The molecule has 2 aliphatic heterocycles. The molecule has 0 saturated carbocycles. The van der Waals surface area contributed by atoms with Crippen LogP contribution in [0, 0.1) is 0 Å². The van der Waals surface area contributed by atoms with E-state index in [2.05, 4.69) is 26.1 Å². The lowest BCUT2D eigenvalue weighted by atomic mass is 9.82. The summed E-state index contributed by atoms with van der Waals surface area (Å²) in [5, 5.41) is 3.41. The second-order valence-corrected chi connectivity index (χ2v) is 6.78. The number of piperidine rings is 1. The van der Waals surface area contributed by atoms with E-state index in [0.717, 1.165) is 36.1 Å². The van der Waals surface area contributed by atoms with E-state index in [4.69, 9.17) is 5.73 Å². The van der Waals surface area contributed by atoms with E-state index in [0.29, 0.717) is 6.04 Å². The number of rotatable bonds is 3. The minimum atomic E-state index is -0.598. The van der Waals surface area contributed by atoms with Crippen LogP contribution in [0.5, 0.6) is 0 Å². The first-order valence-electron chi connectivity index (χ1n) is 7.17. The van der Waals surface area contributed by atoms with Gasteiger partial charge in [-0.15, -0.1) is 0 Å². The number of carbonyl (C=O) groups is 1. The fraction of sp³-hybridized carbons (Fsp3) is 0.533. The molecule has 5 heteroatoms.